The summed E-state index contributed by atoms with van der Waals surface area (Å²) >= 11 is 3.49. The second-order valence-corrected chi connectivity index (χ2v) is 6.55. The first-order chi connectivity index (χ1) is 13.0. The van der Waals surface area contributed by atoms with Gasteiger partial charge in [0.2, 0.25) is 11.7 Å². The zero-order chi connectivity index (χ0) is 19.4. The Balaban J connectivity index is 1.73. The number of nitro benzene ring substituents is 1. The van der Waals surface area contributed by atoms with Crippen LogP contribution >= 0.6 is 15.9 Å². The Morgan fingerprint density at radius 2 is 1.89 bits per heavy atom. The third-order valence-corrected chi connectivity index (χ3v) is 4.64. The molecule has 0 bridgehead atoms. The number of benzene rings is 3. The van der Waals surface area contributed by atoms with Crippen LogP contribution in [0.15, 0.2) is 64.2 Å². The molecule has 2 N–H and O–H groups in total. The summed E-state index contributed by atoms with van der Waals surface area (Å²) in [6.07, 6.45) is 1.28. The minimum absolute atomic E-state index is 0.117. The fourth-order valence-corrected chi connectivity index (χ4v) is 3.14. The van der Waals surface area contributed by atoms with Crippen LogP contribution in [0.2, 0.25) is 0 Å². The van der Waals surface area contributed by atoms with Gasteiger partial charge in [0.1, 0.15) is 0 Å². The van der Waals surface area contributed by atoms with E-state index in [4.69, 9.17) is 0 Å². The van der Waals surface area contributed by atoms with E-state index in [0.717, 1.165) is 20.8 Å². The summed E-state index contributed by atoms with van der Waals surface area (Å²) in [5, 5.41) is 26.4. The fraction of sp³-hybridized carbons (Fsp3) is 0.0526. The molecule has 3 rings (SSSR count). The molecule has 0 aliphatic rings. The number of amides is 1. The van der Waals surface area contributed by atoms with Crippen LogP contribution in [-0.4, -0.2) is 22.2 Å². The van der Waals surface area contributed by atoms with Gasteiger partial charge in [-0.3, -0.25) is 14.9 Å². The van der Waals surface area contributed by atoms with Gasteiger partial charge in [-0.2, -0.15) is 5.10 Å². The average Bonchev–Trinajstić information content (AvgIpc) is 2.65. The van der Waals surface area contributed by atoms with Crippen LogP contribution in [0.25, 0.3) is 10.8 Å². The largest absolute Gasteiger partial charge is 0.502 e. The minimum Gasteiger partial charge on any atom is -0.502 e. The second kappa shape index (κ2) is 7.96. The maximum absolute atomic E-state index is 12.2. The van der Waals surface area contributed by atoms with Crippen LogP contribution < -0.4 is 5.43 Å². The number of para-hydroxylation sites is 1. The van der Waals surface area contributed by atoms with Crippen LogP contribution in [0.5, 0.6) is 5.75 Å². The third kappa shape index (κ3) is 4.12. The third-order valence-electron chi connectivity index (χ3n) is 3.95. The first-order valence-corrected chi connectivity index (χ1v) is 8.71. The smallest absolute Gasteiger partial charge is 0.311 e. The summed E-state index contributed by atoms with van der Waals surface area (Å²) < 4.78 is 0.946. The highest BCUT2D eigenvalue weighted by Crippen LogP contribution is 2.28. The number of halogens is 1. The Labute approximate surface area is 162 Å². The summed E-state index contributed by atoms with van der Waals surface area (Å²) in [7, 11) is 0. The van der Waals surface area contributed by atoms with Crippen molar-refractivity contribution in [2.75, 3.05) is 0 Å². The van der Waals surface area contributed by atoms with Gasteiger partial charge in [-0.05, 0) is 28.5 Å². The fourth-order valence-electron chi connectivity index (χ4n) is 2.67. The number of aromatic hydroxyl groups is 1. The highest BCUT2D eigenvalue weighted by Gasteiger charge is 2.15. The van der Waals surface area contributed by atoms with Crippen molar-refractivity contribution in [3.05, 3.63) is 80.3 Å². The molecule has 1 amide bonds. The molecule has 0 aliphatic heterocycles. The van der Waals surface area contributed by atoms with E-state index in [1.807, 2.05) is 36.4 Å². The number of rotatable bonds is 5. The predicted octanol–water partition coefficient (Wildman–Crippen LogP) is 3.91. The molecule has 0 heterocycles. The highest BCUT2D eigenvalue weighted by atomic mass is 79.9. The van der Waals surface area contributed by atoms with Gasteiger partial charge in [0.25, 0.3) is 0 Å². The molecular formula is C19H14BrN3O4. The summed E-state index contributed by atoms with van der Waals surface area (Å²) in [5.74, 6) is -0.844. The molecule has 0 aromatic heterocycles. The molecule has 0 saturated carbocycles. The number of nitrogens with zero attached hydrogens (tertiary/aromatic N) is 2. The maximum atomic E-state index is 12.2. The standard InChI is InChI=1S/C19H14BrN3O4/c20-16-9-8-12(14-5-1-2-6-15(14)16)10-18(24)22-21-11-13-4-3-7-17(19(13)25)23(26)27/h1-9,11,25H,10H2,(H,22,24). The van der Waals surface area contributed by atoms with E-state index in [9.17, 15) is 20.0 Å². The van der Waals surface area contributed by atoms with Gasteiger partial charge in [0.15, 0.2) is 0 Å². The van der Waals surface area contributed by atoms with Crippen molar-refractivity contribution in [2.24, 2.45) is 5.10 Å². The van der Waals surface area contributed by atoms with Gasteiger partial charge >= 0.3 is 5.69 Å². The van der Waals surface area contributed by atoms with Gasteiger partial charge in [-0.25, -0.2) is 5.43 Å². The van der Waals surface area contributed by atoms with Gasteiger partial charge in [-0.15, -0.1) is 0 Å². The van der Waals surface area contributed by atoms with Gasteiger partial charge in [0, 0.05) is 16.1 Å². The van der Waals surface area contributed by atoms with Gasteiger partial charge in [-0.1, -0.05) is 52.3 Å². The molecule has 0 unspecified atom stereocenters. The first kappa shape index (κ1) is 18.5. The van der Waals surface area contributed by atoms with E-state index in [-0.39, 0.29) is 17.9 Å². The summed E-state index contributed by atoms with van der Waals surface area (Å²) in [6.45, 7) is 0. The van der Waals surface area contributed by atoms with E-state index >= 15 is 0 Å². The summed E-state index contributed by atoms with van der Waals surface area (Å²) in [6, 6.07) is 15.5. The van der Waals surface area contributed by atoms with Crippen LogP contribution in [0.3, 0.4) is 0 Å². The molecule has 0 radical (unpaired) electrons. The van der Waals surface area contributed by atoms with Crippen molar-refractivity contribution in [2.45, 2.75) is 6.42 Å². The van der Waals surface area contributed by atoms with Crippen LogP contribution in [0.1, 0.15) is 11.1 Å². The van der Waals surface area contributed by atoms with Crippen molar-refractivity contribution in [1.82, 2.24) is 5.43 Å². The normalized spacial score (nSPS) is 11.0. The van der Waals surface area contributed by atoms with Crippen molar-refractivity contribution < 1.29 is 14.8 Å². The molecule has 3 aromatic carbocycles. The lowest BCUT2D eigenvalue weighted by Gasteiger charge is -2.07. The van der Waals surface area contributed by atoms with E-state index in [1.165, 1.54) is 24.4 Å². The Bertz CT molecular complexity index is 1070. The van der Waals surface area contributed by atoms with Gasteiger partial charge < -0.3 is 5.11 Å². The number of hydrazone groups is 1. The lowest BCUT2D eigenvalue weighted by Crippen LogP contribution is -2.20. The topological polar surface area (TPSA) is 105 Å². The van der Waals surface area contributed by atoms with E-state index in [2.05, 4.69) is 26.5 Å². The highest BCUT2D eigenvalue weighted by molar-refractivity contribution is 9.10. The number of phenolic OH excluding ortho intramolecular Hbond substituents is 1. The Hall–Kier alpha value is -3.26. The Morgan fingerprint density at radius 3 is 2.63 bits per heavy atom. The monoisotopic (exact) mass is 427 g/mol. The van der Waals surface area contributed by atoms with E-state index in [1.54, 1.807) is 0 Å². The van der Waals surface area contributed by atoms with Crippen LogP contribution in [0.4, 0.5) is 5.69 Å². The molecule has 0 aliphatic carbocycles. The molecule has 8 heteroatoms. The molecule has 136 valence electrons. The number of nitro groups is 1. The molecule has 27 heavy (non-hydrogen) atoms. The molecule has 0 fully saturated rings. The number of hydrogen-bond donors (Lipinski definition) is 2. The van der Waals surface area contributed by atoms with Crippen molar-refractivity contribution >= 4 is 44.5 Å². The summed E-state index contributed by atoms with van der Waals surface area (Å²) in [4.78, 5) is 22.3. The zero-order valence-electron chi connectivity index (χ0n) is 13.9. The lowest BCUT2D eigenvalue weighted by atomic mass is 10.0. The number of carbonyl (C=O) groups excluding carboxylic acids is 1. The SMILES string of the molecule is O=C(Cc1ccc(Br)c2ccccc12)NN=Cc1cccc([N+](=O)[O-])c1O. The number of phenols is 1. The summed E-state index contributed by atoms with van der Waals surface area (Å²) in [5.41, 5.74) is 2.93. The molecular weight excluding hydrogens is 414 g/mol. The second-order valence-electron chi connectivity index (χ2n) is 5.69. The quantitative estimate of drug-likeness (QED) is 0.365. The molecule has 0 atom stereocenters. The minimum atomic E-state index is -0.691. The molecule has 0 saturated heterocycles. The molecule has 7 nitrogen and oxygen atoms in total. The maximum Gasteiger partial charge on any atom is 0.311 e. The van der Waals surface area contributed by atoms with E-state index in [0.29, 0.717) is 0 Å². The van der Waals surface area contributed by atoms with Gasteiger partial charge in [0.05, 0.1) is 17.6 Å². The van der Waals surface area contributed by atoms with E-state index < -0.39 is 16.4 Å². The van der Waals surface area contributed by atoms with Crippen molar-refractivity contribution in [1.29, 1.82) is 0 Å². The number of carbonyl (C=O) groups is 1. The lowest BCUT2D eigenvalue weighted by molar-refractivity contribution is -0.385. The Kier molecular flexibility index (Phi) is 5.46. The number of hydrogen-bond acceptors (Lipinski definition) is 5. The number of fused-ring (bicyclic) bond motifs is 1. The number of nitrogens with one attached hydrogen (secondary N) is 1. The van der Waals surface area contributed by atoms with Crippen molar-refractivity contribution in [3.8, 4) is 5.75 Å². The predicted molar refractivity (Wildman–Crippen MR) is 106 cm³/mol. The Morgan fingerprint density at radius 1 is 1.15 bits per heavy atom. The van der Waals surface area contributed by atoms with Crippen LogP contribution in [-0.2, 0) is 11.2 Å². The molecule has 0 spiro atoms. The average molecular weight is 428 g/mol. The van der Waals surface area contributed by atoms with Crippen molar-refractivity contribution in [3.63, 3.8) is 0 Å². The van der Waals surface area contributed by atoms with Crippen LogP contribution in [0, 0.1) is 10.1 Å². The first-order valence-electron chi connectivity index (χ1n) is 7.92. The zero-order valence-corrected chi connectivity index (χ0v) is 15.5. The molecule has 3 aromatic rings.